The van der Waals surface area contributed by atoms with Crippen molar-refractivity contribution in [3.8, 4) is 0 Å². The van der Waals surface area contributed by atoms with E-state index < -0.39 is 0 Å². The second kappa shape index (κ2) is 6.61. The second-order valence-corrected chi connectivity index (χ2v) is 6.32. The molecule has 0 unspecified atom stereocenters. The van der Waals surface area contributed by atoms with E-state index in [4.69, 9.17) is 0 Å². The molecule has 0 radical (unpaired) electrons. The van der Waals surface area contributed by atoms with Gasteiger partial charge in [-0.3, -0.25) is 4.79 Å². The van der Waals surface area contributed by atoms with Crippen LogP contribution in [0.4, 0.5) is 0 Å². The van der Waals surface area contributed by atoms with Crippen molar-refractivity contribution < 1.29 is 4.79 Å². The van der Waals surface area contributed by atoms with Gasteiger partial charge >= 0.3 is 0 Å². The van der Waals surface area contributed by atoms with E-state index in [0.29, 0.717) is 11.9 Å². The Kier molecular flexibility index (Phi) is 4.59. The first-order valence-electron chi connectivity index (χ1n) is 8.40. The summed E-state index contributed by atoms with van der Waals surface area (Å²) in [6.45, 7) is 3.77. The van der Waals surface area contributed by atoms with Crippen LogP contribution in [0.1, 0.15) is 50.2 Å². The van der Waals surface area contributed by atoms with Crippen LogP contribution in [0, 0.1) is 0 Å². The predicted molar refractivity (Wildman–Crippen MR) is 85.0 cm³/mol. The lowest BCUT2D eigenvalue weighted by molar-refractivity contribution is -0.136. The standard InChI is InChI=1S/C18H26N2O/c1-2-20(16-10-4-3-5-11-16)18(21)17-12-14-8-6-7-9-15(14)13-19-17/h6-9,16-17,19H,2-5,10-13H2,1H3/t17-/m0/s1. The molecule has 1 heterocycles. The van der Waals surface area contributed by atoms with Gasteiger partial charge in [-0.05, 0) is 37.3 Å². The molecule has 0 spiro atoms. The van der Waals surface area contributed by atoms with Gasteiger partial charge in [0.1, 0.15) is 0 Å². The Hall–Kier alpha value is -1.35. The molecule has 3 nitrogen and oxygen atoms in total. The number of fused-ring (bicyclic) bond motifs is 1. The molecular formula is C18H26N2O. The van der Waals surface area contributed by atoms with Gasteiger partial charge in [-0.15, -0.1) is 0 Å². The van der Waals surface area contributed by atoms with Gasteiger partial charge in [0.2, 0.25) is 5.91 Å². The minimum absolute atomic E-state index is 0.0400. The van der Waals surface area contributed by atoms with Gasteiger partial charge in [0.25, 0.3) is 0 Å². The van der Waals surface area contributed by atoms with E-state index in [2.05, 4.69) is 41.4 Å². The summed E-state index contributed by atoms with van der Waals surface area (Å²) < 4.78 is 0. The molecular weight excluding hydrogens is 260 g/mol. The maximum Gasteiger partial charge on any atom is 0.240 e. The molecule has 0 saturated heterocycles. The fraction of sp³-hybridized carbons (Fsp3) is 0.611. The summed E-state index contributed by atoms with van der Waals surface area (Å²) in [6, 6.07) is 8.89. The molecule has 21 heavy (non-hydrogen) atoms. The number of amides is 1. The highest BCUT2D eigenvalue weighted by molar-refractivity contribution is 5.83. The molecule has 1 atom stereocenters. The second-order valence-electron chi connectivity index (χ2n) is 6.32. The smallest absolute Gasteiger partial charge is 0.240 e. The first-order valence-corrected chi connectivity index (χ1v) is 8.40. The zero-order valence-corrected chi connectivity index (χ0v) is 13.0. The minimum Gasteiger partial charge on any atom is -0.339 e. The van der Waals surface area contributed by atoms with Crippen LogP contribution in [0.5, 0.6) is 0 Å². The monoisotopic (exact) mass is 286 g/mol. The van der Waals surface area contributed by atoms with Crippen LogP contribution in [0.3, 0.4) is 0 Å². The van der Waals surface area contributed by atoms with E-state index in [1.807, 2.05) is 0 Å². The van der Waals surface area contributed by atoms with Crippen molar-refractivity contribution in [3.05, 3.63) is 35.4 Å². The Morgan fingerprint density at radius 1 is 1.19 bits per heavy atom. The average Bonchev–Trinajstić information content (AvgIpc) is 2.56. The van der Waals surface area contributed by atoms with Gasteiger partial charge in [0.05, 0.1) is 6.04 Å². The number of nitrogens with zero attached hydrogens (tertiary/aromatic N) is 1. The number of benzene rings is 1. The molecule has 114 valence electrons. The Morgan fingerprint density at radius 2 is 1.90 bits per heavy atom. The SMILES string of the molecule is CCN(C(=O)[C@@H]1Cc2ccccc2CN1)C1CCCCC1. The molecule has 1 aliphatic carbocycles. The summed E-state index contributed by atoms with van der Waals surface area (Å²) in [5.41, 5.74) is 2.66. The number of carbonyl (C=O) groups is 1. The van der Waals surface area contributed by atoms with Crippen LogP contribution in [-0.4, -0.2) is 29.4 Å². The lowest BCUT2D eigenvalue weighted by Crippen LogP contribution is -2.52. The van der Waals surface area contributed by atoms with Crippen molar-refractivity contribution >= 4 is 5.91 Å². The molecule has 2 aliphatic rings. The van der Waals surface area contributed by atoms with Gasteiger partial charge in [-0.25, -0.2) is 0 Å². The molecule has 1 fully saturated rings. The van der Waals surface area contributed by atoms with E-state index in [1.54, 1.807) is 0 Å². The Morgan fingerprint density at radius 3 is 2.62 bits per heavy atom. The summed E-state index contributed by atoms with van der Waals surface area (Å²) in [5.74, 6) is 0.305. The van der Waals surface area contributed by atoms with Gasteiger partial charge in [0, 0.05) is 19.1 Å². The van der Waals surface area contributed by atoms with Crippen molar-refractivity contribution in [1.82, 2.24) is 10.2 Å². The normalized spacial score (nSPS) is 22.6. The van der Waals surface area contributed by atoms with Gasteiger partial charge in [-0.1, -0.05) is 43.5 Å². The first-order chi connectivity index (χ1) is 10.3. The zero-order valence-electron chi connectivity index (χ0n) is 13.0. The van der Waals surface area contributed by atoms with Crippen LogP contribution in [0.15, 0.2) is 24.3 Å². The molecule has 1 amide bonds. The lowest BCUT2D eigenvalue weighted by atomic mass is 9.91. The number of hydrogen-bond donors (Lipinski definition) is 1. The largest absolute Gasteiger partial charge is 0.339 e. The summed E-state index contributed by atoms with van der Waals surface area (Å²) in [5, 5.41) is 3.44. The van der Waals surface area contributed by atoms with Gasteiger partial charge in [-0.2, -0.15) is 0 Å². The highest BCUT2D eigenvalue weighted by Crippen LogP contribution is 2.24. The van der Waals surface area contributed by atoms with E-state index in [-0.39, 0.29) is 6.04 Å². The van der Waals surface area contributed by atoms with E-state index in [9.17, 15) is 4.79 Å². The van der Waals surface area contributed by atoms with Crippen molar-refractivity contribution in [3.63, 3.8) is 0 Å². The molecule has 1 aliphatic heterocycles. The number of hydrogen-bond acceptors (Lipinski definition) is 2. The number of carbonyl (C=O) groups excluding carboxylic acids is 1. The highest BCUT2D eigenvalue weighted by atomic mass is 16.2. The van der Waals surface area contributed by atoms with Crippen LogP contribution in [-0.2, 0) is 17.8 Å². The maximum absolute atomic E-state index is 12.9. The molecule has 3 heteroatoms. The summed E-state index contributed by atoms with van der Waals surface area (Å²) in [4.78, 5) is 15.0. The van der Waals surface area contributed by atoms with Crippen molar-refractivity contribution in [1.29, 1.82) is 0 Å². The molecule has 1 N–H and O–H groups in total. The molecule has 1 aromatic carbocycles. The predicted octanol–water partition coefficient (Wildman–Crippen LogP) is 2.88. The highest BCUT2D eigenvalue weighted by Gasteiger charge is 2.31. The molecule has 0 aromatic heterocycles. The van der Waals surface area contributed by atoms with Gasteiger partial charge in [0.15, 0.2) is 0 Å². The summed E-state index contributed by atoms with van der Waals surface area (Å²) in [6.07, 6.45) is 7.08. The van der Waals surface area contributed by atoms with E-state index in [1.165, 1.54) is 43.2 Å². The third kappa shape index (κ3) is 3.13. The van der Waals surface area contributed by atoms with Crippen LogP contribution in [0.2, 0.25) is 0 Å². The first kappa shape index (κ1) is 14.6. The van der Waals surface area contributed by atoms with Crippen molar-refractivity contribution in [2.75, 3.05) is 6.54 Å². The average molecular weight is 286 g/mol. The quantitative estimate of drug-likeness (QED) is 0.926. The fourth-order valence-electron chi connectivity index (χ4n) is 3.82. The number of likely N-dealkylation sites (N-methyl/N-ethyl adjacent to an activating group) is 1. The molecule has 3 rings (SSSR count). The maximum atomic E-state index is 12.9. The fourth-order valence-corrected chi connectivity index (χ4v) is 3.82. The van der Waals surface area contributed by atoms with Crippen LogP contribution >= 0.6 is 0 Å². The van der Waals surface area contributed by atoms with Crippen LogP contribution < -0.4 is 5.32 Å². The minimum atomic E-state index is -0.0400. The molecule has 1 aromatic rings. The van der Waals surface area contributed by atoms with Crippen LogP contribution in [0.25, 0.3) is 0 Å². The van der Waals surface area contributed by atoms with E-state index in [0.717, 1.165) is 19.5 Å². The molecule has 0 bridgehead atoms. The zero-order chi connectivity index (χ0) is 14.7. The lowest BCUT2D eigenvalue weighted by Gasteiger charge is -2.37. The Labute approximate surface area is 127 Å². The molecule has 1 saturated carbocycles. The van der Waals surface area contributed by atoms with Crippen molar-refractivity contribution in [2.24, 2.45) is 0 Å². The van der Waals surface area contributed by atoms with Gasteiger partial charge < -0.3 is 10.2 Å². The Bertz CT molecular complexity index is 494. The third-order valence-corrected chi connectivity index (χ3v) is 5.02. The van der Waals surface area contributed by atoms with Crippen molar-refractivity contribution in [2.45, 2.75) is 64.1 Å². The Balaban J connectivity index is 1.69. The summed E-state index contributed by atoms with van der Waals surface area (Å²) >= 11 is 0. The third-order valence-electron chi connectivity index (χ3n) is 5.02. The number of rotatable bonds is 3. The number of nitrogens with one attached hydrogen (secondary N) is 1. The van der Waals surface area contributed by atoms with E-state index >= 15 is 0 Å². The summed E-state index contributed by atoms with van der Waals surface area (Å²) in [7, 11) is 0. The topological polar surface area (TPSA) is 32.3 Å².